The van der Waals surface area contributed by atoms with Crippen LogP contribution in [-0.2, 0) is 6.42 Å². The molecule has 0 saturated carbocycles. The molecule has 0 radical (unpaired) electrons. The number of allylic oxidation sites excluding steroid dienone is 4. The van der Waals surface area contributed by atoms with Gasteiger partial charge in [-0.15, -0.1) is 0 Å². The molecule has 0 fully saturated rings. The number of hydrogen-bond donors (Lipinski definition) is 1. The third-order valence-corrected chi connectivity index (χ3v) is 4.89. The Morgan fingerprint density at radius 1 is 1.11 bits per heavy atom. The fourth-order valence-electron chi connectivity index (χ4n) is 1.96. The number of aromatic nitrogens is 3. The molecule has 1 aromatic heterocycles. The molecule has 0 aliphatic carbocycles. The third-order valence-electron chi connectivity index (χ3n) is 3.07. The van der Waals surface area contributed by atoms with Crippen LogP contribution < -0.4 is 5.32 Å². The van der Waals surface area contributed by atoms with Crippen molar-refractivity contribution in [3.05, 3.63) is 29.0 Å². The second-order valence-corrected chi connectivity index (χ2v) is 11.4. The number of H-pyrrole nitrogens is 1. The summed E-state index contributed by atoms with van der Waals surface area (Å²) in [5.41, 5.74) is 3.95. The van der Waals surface area contributed by atoms with E-state index in [9.17, 15) is 0 Å². The minimum absolute atomic E-state index is 0.900. The minimum Gasteiger partial charge on any atom is -0.198 e. The lowest BCUT2D eigenvalue weighted by molar-refractivity contribution is 0.913. The molecule has 0 unspecified atom stereocenters. The van der Waals surface area contributed by atoms with Crippen molar-refractivity contribution in [3.63, 3.8) is 0 Å². The summed E-state index contributed by atoms with van der Waals surface area (Å²) in [5.74, 6) is 0. The molecule has 0 aromatic carbocycles. The summed E-state index contributed by atoms with van der Waals surface area (Å²) >= 11 is 0. The van der Waals surface area contributed by atoms with E-state index in [0.717, 1.165) is 25.0 Å². The van der Waals surface area contributed by atoms with E-state index < -0.39 is 8.07 Å². The third kappa shape index (κ3) is 5.55. The normalized spacial score (nSPS) is 12.6. The first-order chi connectivity index (χ1) is 8.80. The van der Waals surface area contributed by atoms with Crippen LogP contribution in [0.15, 0.2) is 23.3 Å². The van der Waals surface area contributed by atoms with Crippen LogP contribution in [0.5, 0.6) is 0 Å². The van der Waals surface area contributed by atoms with Gasteiger partial charge >= 0.3 is 0 Å². The summed E-state index contributed by atoms with van der Waals surface area (Å²) in [6.07, 6.45) is 7.74. The molecule has 1 aromatic rings. The van der Waals surface area contributed by atoms with Crippen LogP contribution in [0.2, 0.25) is 19.6 Å². The predicted octanol–water partition coefficient (Wildman–Crippen LogP) is 3.59. The van der Waals surface area contributed by atoms with Gasteiger partial charge in [0.1, 0.15) is 8.07 Å². The van der Waals surface area contributed by atoms with Crippen molar-refractivity contribution < 1.29 is 0 Å². The molecule has 1 heterocycles. The monoisotopic (exact) mass is 277 g/mol. The van der Waals surface area contributed by atoms with E-state index in [1.165, 1.54) is 16.5 Å². The van der Waals surface area contributed by atoms with Crippen molar-refractivity contribution in [2.75, 3.05) is 0 Å². The molecule has 19 heavy (non-hydrogen) atoms. The van der Waals surface area contributed by atoms with E-state index in [2.05, 4.69) is 68.0 Å². The van der Waals surface area contributed by atoms with Crippen molar-refractivity contribution in [3.8, 4) is 0 Å². The van der Waals surface area contributed by atoms with Crippen molar-refractivity contribution in [2.45, 2.75) is 59.7 Å². The van der Waals surface area contributed by atoms with Gasteiger partial charge in [-0.1, -0.05) is 42.9 Å². The molecule has 1 rings (SSSR count). The molecule has 3 nitrogen and oxygen atoms in total. The zero-order valence-corrected chi connectivity index (χ0v) is 14.2. The lowest BCUT2D eigenvalue weighted by Crippen LogP contribution is -2.41. The molecule has 0 bridgehead atoms. The molecule has 4 heteroatoms. The van der Waals surface area contributed by atoms with Gasteiger partial charge in [0.05, 0.1) is 11.0 Å². The number of rotatable bonds is 6. The average Bonchev–Trinajstić information content (AvgIpc) is 2.73. The maximum atomic E-state index is 4.34. The lowest BCUT2D eigenvalue weighted by Gasteiger charge is -2.13. The largest absolute Gasteiger partial charge is 0.198 e. The van der Waals surface area contributed by atoms with Gasteiger partial charge in [-0.3, -0.25) is 0 Å². The Morgan fingerprint density at radius 2 is 1.79 bits per heavy atom. The van der Waals surface area contributed by atoms with Gasteiger partial charge in [-0.2, -0.15) is 15.4 Å². The van der Waals surface area contributed by atoms with Crippen LogP contribution >= 0.6 is 0 Å². The molecule has 0 atom stereocenters. The molecule has 106 valence electrons. The smallest absolute Gasteiger partial charge is 0.106 e. The van der Waals surface area contributed by atoms with Gasteiger partial charge in [0.25, 0.3) is 0 Å². The van der Waals surface area contributed by atoms with Crippen LogP contribution in [0.1, 0.15) is 39.3 Å². The van der Waals surface area contributed by atoms with Gasteiger partial charge in [-0.25, -0.2) is 0 Å². The predicted molar refractivity (Wildman–Crippen MR) is 85.5 cm³/mol. The summed E-state index contributed by atoms with van der Waals surface area (Å²) in [6, 6.07) is 0. The Balaban J connectivity index is 2.61. The van der Waals surface area contributed by atoms with Crippen LogP contribution in [0.4, 0.5) is 0 Å². The van der Waals surface area contributed by atoms with Gasteiger partial charge in [0.2, 0.25) is 0 Å². The van der Waals surface area contributed by atoms with E-state index in [4.69, 9.17) is 0 Å². The summed E-state index contributed by atoms with van der Waals surface area (Å²) in [6.45, 7) is 13.4. The molecule has 0 aliphatic heterocycles. The van der Waals surface area contributed by atoms with Crippen LogP contribution in [-0.4, -0.2) is 23.5 Å². The molecule has 0 saturated heterocycles. The van der Waals surface area contributed by atoms with Gasteiger partial charge < -0.3 is 0 Å². The van der Waals surface area contributed by atoms with Crippen molar-refractivity contribution in [1.29, 1.82) is 0 Å². The van der Waals surface area contributed by atoms with Gasteiger partial charge in [0, 0.05) is 6.42 Å². The van der Waals surface area contributed by atoms with E-state index in [-0.39, 0.29) is 0 Å². The zero-order valence-electron chi connectivity index (χ0n) is 13.2. The average molecular weight is 277 g/mol. The Bertz CT molecular complexity index is 460. The van der Waals surface area contributed by atoms with Gasteiger partial charge in [0.15, 0.2) is 0 Å². The molecular formula is C15H27N3Si. The highest BCUT2D eigenvalue weighted by Crippen LogP contribution is 2.09. The molecule has 0 spiro atoms. The Labute approximate surface area is 118 Å². The second-order valence-electron chi connectivity index (χ2n) is 6.44. The second kappa shape index (κ2) is 6.85. The van der Waals surface area contributed by atoms with Gasteiger partial charge in [-0.05, 0) is 33.6 Å². The summed E-state index contributed by atoms with van der Waals surface area (Å²) in [7, 11) is -1.38. The zero-order chi connectivity index (χ0) is 14.5. The minimum atomic E-state index is -1.38. The summed E-state index contributed by atoms with van der Waals surface area (Å²) in [4.78, 5) is 0. The van der Waals surface area contributed by atoms with E-state index in [1.807, 2.05) is 0 Å². The highest BCUT2D eigenvalue weighted by Gasteiger charge is 2.23. The fourth-order valence-corrected chi connectivity index (χ4v) is 3.37. The van der Waals surface area contributed by atoms with Crippen LogP contribution in [0, 0.1) is 0 Å². The SMILES string of the molecule is CC(C)=CCC/C(C)=C/Cc1n[nH]nc1[Si](C)(C)C. The number of nitrogens with one attached hydrogen (secondary N) is 1. The molecule has 1 N–H and O–H groups in total. The molecule has 0 aliphatic rings. The standard InChI is InChI=1S/C15H27N3Si/c1-12(2)8-7-9-13(3)10-11-14-15(17-18-16-14)19(4,5)6/h8,10H,7,9,11H2,1-6H3,(H,16,17,18)/b13-10+. The number of hydrogen-bond acceptors (Lipinski definition) is 2. The maximum absolute atomic E-state index is 4.34. The quantitative estimate of drug-likeness (QED) is 0.638. The first-order valence-corrected chi connectivity index (χ1v) is 10.5. The number of nitrogens with zero attached hydrogens (tertiary/aromatic N) is 2. The highest BCUT2D eigenvalue weighted by molar-refractivity contribution is 6.88. The van der Waals surface area contributed by atoms with Crippen molar-refractivity contribution >= 4 is 13.4 Å². The van der Waals surface area contributed by atoms with E-state index >= 15 is 0 Å². The first-order valence-electron chi connectivity index (χ1n) is 7.00. The topological polar surface area (TPSA) is 41.6 Å². The van der Waals surface area contributed by atoms with Crippen molar-refractivity contribution in [1.82, 2.24) is 15.4 Å². The highest BCUT2D eigenvalue weighted by atomic mass is 28.3. The Kier molecular flexibility index (Phi) is 5.73. The molecule has 0 amide bonds. The van der Waals surface area contributed by atoms with Crippen molar-refractivity contribution in [2.24, 2.45) is 0 Å². The molecular weight excluding hydrogens is 250 g/mol. The Hall–Kier alpha value is -1.16. The maximum Gasteiger partial charge on any atom is 0.106 e. The summed E-state index contributed by atoms with van der Waals surface area (Å²) < 4.78 is 0. The van der Waals surface area contributed by atoms with Crippen LogP contribution in [0.25, 0.3) is 0 Å². The van der Waals surface area contributed by atoms with E-state index in [1.54, 1.807) is 0 Å². The fraction of sp³-hybridized carbons (Fsp3) is 0.600. The number of aromatic amines is 1. The summed E-state index contributed by atoms with van der Waals surface area (Å²) in [5, 5.41) is 12.6. The van der Waals surface area contributed by atoms with E-state index in [0.29, 0.717) is 0 Å². The Morgan fingerprint density at radius 3 is 2.37 bits per heavy atom. The van der Waals surface area contributed by atoms with Crippen LogP contribution in [0.3, 0.4) is 0 Å². The first kappa shape index (κ1) is 15.9. The lowest BCUT2D eigenvalue weighted by atomic mass is 10.1.